The highest BCUT2D eigenvalue weighted by Crippen LogP contribution is 2.29. The molecule has 3 rings (SSSR count). The van der Waals surface area contributed by atoms with Crippen molar-refractivity contribution in [1.82, 2.24) is 5.32 Å². The normalized spacial score (nSPS) is 26.0. The third-order valence-corrected chi connectivity index (χ3v) is 5.40. The van der Waals surface area contributed by atoms with E-state index in [4.69, 9.17) is 17.0 Å². The van der Waals surface area contributed by atoms with Crippen LogP contribution >= 0.6 is 12.2 Å². The number of esters is 1. The Bertz CT molecular complexity index is 658. The number of nitrogens with one attached hydrogen (secondary N) is 1. The minimum Gasteiger partial charge on any atom is -0.465 e. The second kappa shape index (κ2) is 7.53. The van der Waals surface area contributed by atoms with E-state index in [2.05, 4.69) is 29.6 Å². The number of fused-ring (bicyclic) bond motifs is 1. The van der Waals surface area contributed by atoms with Gasteiger partial charge in [0.25, 0.3) is 0 Å². The summed E-state index contributed by atoms with van der Waals surface area (Å²) in [7, 11) is 0. The molecule has 1 unspecified atom stereocenters. The SMILES string of the molecule is CCOC(=O)[C@H]1NCC(=S)C1C(=O)C[C@@H]1CCc2ccccc2C1. The van der Waals surface area contributed by atoms with Crippen molar-refractivity contribution in [3.63, 3.8) is 0 Å². The lowest BCUT2D eigenvalue weighted by atomic mass is 9.79. The molecule has 0 radical (unpaired) electrons. The zero-order valence-corrected chi connectivity index (χ0v) is 14.7. The second-order valence-electron chi connectivity index (χ2n) is 6.60. The van der Waals surface area contributed by atoms with Crippen molar-refractivity contribution in [3.05, 3.63) is 35.4 Å². The number of carbonyl (C=O) groups excluding carboxylic acids is 2. The zero-order valence-electron chi connectivity index (χ0n) is 13.9. The lowest BCUT2D eigenvalue weighted by Gasteiger charge is -2.25. The summed E-state index contributed by atoms with van der Waals surface area (Å²) in [6, 6.07) is 7.82. The minimum absolute atomic E-state index is 0.0763. The molecule has 1 fully saturated rings. The van der Waals surface area contributed by atoms with Crippen LogP contribution in [0.1, 0.15) is 30.9 Å². The van der Waals surface area contributed by atoms with Gasteiger partial charge in [0, 0.05) is 17.8 Å². The fraction of sp³-hybridized carbons (Fsp3) is 0.526. The molecule has 1 heterocycles. The fourth-order valence-electron chi connectivity index (χ4n) is 3.80. The number of hydrogen-bond donors (Lipinski definition) is 1. The summed E-state index contributed by atoms with van der Waals surface area (Å²) < 4.78 is 5.08. The zero-order chi connectivity index (χ0) is 17.1. The van der Waals surface area contributed by atoms with Gasteiger partial charge in [-0.05, 0) is 43.2 Å². The molecule has 1 aromatic rings. The van der Waals surface area contributed by atoms with E-state index in [0.29, 0.717) is 30.4 Å². The molecule has 0 aromatic heterocycles. The number of Topliss-reactive ketones (excluding diaryl/α,β-unsaturated/α-hetero) is 1. The van der Waals surface area contributed by atoms with Crippen molar-refractivity contribution in [2.24, 2.45) is 11.8 Å². The average Bonchev–Trinajstić information content (AvgIpc) is 2.97. The van der Waals surface area contributed by atoms with E-state index in [0.717, 1.165) is 19.3 Å². The Kier molecular flexibility index (Phi) is 5.41. The predicted octanol–water partition coefficient (Wildman–Crippen LogP) is 2.27. The van der Waals surface area contributed by atoms with E-state index >= 15 is 0 Å². The molecule has 1 saturated heterocycles. The van der Waals surface area contributed by atoms with Crippen molar-refractivity contribution in [3.8, 4) is 0 Å². The van der Waals surface area contributed by atoms with E-state index in [-0.39, 0.29) is 11.8 Å². The first-order valence-electron chi connectivity index (χ1n) is 8.62. The number of carbonyl (C=O) groups is 2. The Morgan fingerprint density at radius 2 is 2.04 bits per heavy atom. The Morgan fingerprint density at radius 1 is 1.29 bits per heavy atom. The van der Waals surface area contributed by atoms with Gasteiger partial charge in [0.15, 0.2) is 0 Å². The predicted molar refractivity (Wildman–Crippen MR) is 96.1 cm³/mol. The highest BCUT2D eigenvalue weighted by molar-refractivity contribution is 7.80. The minimum atomic E-state index is -0.610. The molecule has 0 saturated carbocycles. The number of benzene rings is 1. The maximum Gasteiger partial charge on any atom is 0.324 e. The monoisotopic (exact) mass is 345 g/mol. The van der Waals surface area contributed by atoms with E-state index in [1.54, 1.807) is 6.92 Å². The average molecular weight is 345 g/mol. The van der Waals surface area contributed by atoms with Gasteiger partial charge in [-0.25, -0.2) is 0 Å². The first-order valence-corrected chi connectivity index (χ1v) is 9.03. The Hall–Kier alpha value is -1.59. The first kappa shape index (κ1) is 17.2. The molecule has 0 spiro atoms. The number of hydrogen-bond acceptors (Lipinski definition) is 5. The van der Waals surface area contributed by atoms with Crippen LogP contribution in [0.3, 0.4) is 0 Å². The van der Waals surface area contributed by atoms with Crippen molar-refractivity contribution >= 4 is 28.8 Å². The number of aryl methyl sites for hydroxylation is 1. The van der Waals surface area contributed by atoms with Crippen molar-refractivity contribution < 1.29 is 14.3 Å². The molecule has 0 bridgehead atoms. The van der Waals surface area contributed by atoms with Gasteiger partial charge in [-0.2, -0.15) is 0 Å². The summed E-state index contributed by atoms with van der Waals surface area (Å²) >= 11 is 5.34. The van der Waals surface area contributed by atoms with Crippen LogP contribution in [-0.2, 0) is 27.2 Å². The topological polar surface area (TPSA) is 55.4 Å². The Labute approximate surface area is 148 Å². The van der Waals surface area contributed by atoms with E-state index < -0.39 is 12.0 Å². The van der Waals surface area contributed by atoms with E-state index in [1.165, 1.54) is 11.1 Å². The van der Waals surface area contributed by atoms with Crippen LogP contribution in [0.4, 0.5) is 0 Å². The number of ether oxygens (including phenoxy) is 1. The molecular weight excluding hydrogens is 322 g/mol. The highest BCUT2D eigenvalue weighted by atomic mass is 32.1. The van der Waals surface area contributed by atoms with Gasteiger partial charge in [0.1, 0.15) is 11.8 Å². The standard InChI is InChI=1S/C19H23NO3S/c1-2-23-19(22)18-17(16(24)11-20-18)15(21)10-12-7-8-13-5-3-4-6-14(13)9-12/h3-6,12,17-18,20H,2,7-11H2,1H3/t12-,17?,18+/m1/s1. The molecule has 1 aromatic carbocycles. The van der Waals surface area contributed by atoms with Crippen LogP contribution in [0.25, 0.3) is 0 Å². The molecule has 5 heteroatoms. The van der Waals surface area contributed by atoms with Crippen LogP contribution in [0.15, 0.2) is 24.3 Å². The molecule has 2 aliphatic rings. The second-order valence-corrected chi connectivity index (χ2v) is 7.13. The summed E-state index contributed by atoms with van der Waals surface area (Å²) in [5.74, 6) is -0.480. The van der Waals surface area contributed by atoms with Gasteiger partial charge in [0.2, 0.25) is 0 Å². The lowest BCUT2D eigenvalue weighted by Crippen LogP contribution is -2.41. The molecule has 0 amide bonds. The first-order chi connectivity index (χ1) is 11.6. The summed E-state index contributed by atoms with van der Waals surface area (Å²) in [4.78, 5) is 25.5. The molecule has 4 nitrogen and oxygen atoms in total. The summed E-state index contributed by atoms with van der Waals surface area (Å²) in [5.41, 5.74) is 2.74. The largest absolute Gasteiger partial charge is 0.465 e. The smallest absolute Gasteiger partial charge is 0.324 e. The number of thiocarbonyl (C=S) groups is 1. The maximum atomic E-state index is 12.8. The Balaban J connectivity index is 1.66. The van der Waals surface area contributed by atoms with Crippen molar-refractivity contribution in [2.75, 3.05) is 13.2 Å². The van der Waals surface area contributed by atoms with Crippen molar-refractivity contribution in [2.45, 2.75) is 38.6 Å². The van der Waals surface area contributed by atoms with Crippen LogP contribution in [-0.4, -0.2) is 35.8 Å². The third kappa shape index (κ3) is 3.57. The van der Waals surface area contributed by atoms with Crippen LogP contribution in [0.2, 0.25) is 0 Å². The molecule has 128 valence electrons. The molecule has 1 aliphatic heterocycles. The summed E-state index contributed by atoms with van der Waals surface area (Å²) in [5, 5.41) is 3.04. The molecule has 1 aliphatic carbocycles. The number of rotatable bonds is 5. The molecule has 3 atom stereocenters. The van der Waals surface area contributed by atoms with Gasteiger partial charge in [-0.1, -0.05) is 36.5 Å². The lowest BCUT2D eigenvalue weighted by molar-refractivity contribution is -0.147. The van der Waals surface area contributed by atoms with E-state index in [1.807, 2.05) is 0 Å². The van der Waals surface area contributed by atoms with Crippen molar-refractivity contribution in [1.29, 1.82) is 0 Å². The van der Waals surface area contributed by atoms with Gasteiger partial charge < -0.3 is 4.74 Å². The van der Waals surface area contributed by atoms with Gasteiger partial charge in [0.05, 0.1) is 12.5 Å². The summed E-state index contributed by atoms with van der Waals surface area (Å²) in [6.07, 6.45) is 3.44. The van der Waals surface area contributed by atoms with Gasteiger partial charge in [-0.15, -0.1) is 0 Å². The van der Waals surface area contributed by atoms with Gasteiger partial charge >= 0.3 is 5.97 Å². The Morgan fingerprint density at radius 3 is 2.79 bits per heavy atom. The maximum absolute atomic E-state index is 12.8. The van der Waals surface area contributed by atoms with E-state index in [9.17, 15) is 9.59 Å². The van der Waals surface area contributed by atoms with Crippen LogP contribution < -0.4 is 5.32 Å². The molecule has 24 heavy (non-hydrogen) atoms. The fourth-order valence-corrected chi connectivity index (χ4v) is 4.15. The highest BCUT2D eigenvalue weighted by Gasteiger charge is 2.42. The number of ketones is 1. The quantitative estimate of drug-likeness (QED) is 0.655. The van der Waals surface area contributed by atoms with Gasteiger partial charge in [-0.3, -0.25) is 14.9 Å². The van der Waals surface area contributed by atoms with Crippen LogP contribution in [0.5, 0.6) is 0 Å². The summed E-state index contributed by atoms with van der Waals surface area (Å²) in [6.45, 7) is 2.51. The third-order valence-electron chi connectivity index (χ3n) is 5.00. The molecular formula is C19H23NO3S. The molecule has 1 N–H and O–H groups in total. The van der Waals surface area contributed by atoms with Crippen LogP contribution in [0, 0.1) is 11.8 Å².